The molecule has 10 nitrogen and oxygen atoms in total. The summed E-state index contributed by atoms with van der Waals surface area (Å²) in [4.78, 5) is 43.3. The van der Waals surface area contributed by atoms with Crippen LogP contribution < -0.4 is 20.7 Å². The number of aromatic nitrogens is 1. The topological polar surface area (TPSA) is 126 Å². The Labute approximate surface area is 182 Å². The van der Waals surface area contributed by atoms with E-state index in [0.29, 0.717) is 34.8 Å². The lowest BCUT2D eigenvalue weighted by molar-refractivity contribution is -0.125. The van der Waals surface area contributed by atoms with Gasteiger partial charge in [-0.25, -0.2) is 0 Å². The second-order valence-electron chi connectivity index (χ2n) is 7.83. The highest BCUT2D eigenvalue weighted by molar-refractivity contribution is 6.00. The molecule has 1 atom stereocenters. The van der Waals surface area contributed by atoms with Crippen LogP contribution in [0.25, 0.3) is 11.1 Å². The van der Waals surface area contributed by atoms with E-state index in [1.807, 2.05) is 12.1 Å². The molecule has 0 spiro atoms. The molecule has 0 saturated carbocycles. The summed E-state index contributed by atoms with van der Waals surface area (Å²) in [6.07, 6.45) is 0. The largest absolute Gasteiger partial charge is 0.497 e. The summed E-state index contributed by atoms with van der Waals surface area (Å²) in [7, 11) is 1.55. The molecule has 164 valence electrons. The predicted molar refractivity (Wildman–Crippen MR) is 114 cm³/mol. The fourth-order valence-corrected chi connectivity index (χ4v) is 4.17. The van der Waals surface area contributed by atoms with Crippen molar-refractivity contribution < 1.29 is 23.5 Å². The normalized spacial score (nSPS) is 19.9. The Hall–Kier alpha value is -3.92. The number of benzene rings is 1. The van der Waals surface area contributed by atoms with Crippen LogP contribution in [0.15, 0.2) is 40.8 Å². The van der Waals surface area contributed by atoms with E-state index in [1.165, 1.54) is 6.92 Å². The van der Waals surface area contributed by atoms with E-state index >= 15 is 0 Å². The highest BCUT2D eigenvalue weighted by Gasteiger charge is 2.50. The summed E-state index contributed by atoms with van der Waals surface area (Å²) >= 11 is 0. The van der Waals surface area contributed by atoms with Gasteiger partial charge >= 0.3 is 0 Å². The molecule has 4 heterocycles. The number of fused-ring (bicyclic) bond motifs is 2. The molecule has 5 rings (SSSR count). The number of methoxy groups -OCH3 is 1. The van der Waals surface area contributed by atoms with E-state index < -0.39 is 5.54 Å². The molecule has 1 fully saturated rings. The number of rotatable bonds is 5. The molecule has 1 unspecified atom stereocenters. The third-order valence-corrected chi connectivity index (χ3v) is 5.76. The van der Waals surface area contributed by atoms with E-state index in [1.54, 1.807) is 36.3 Å². The summed E-state index contributed by atoms with van der Waals surface area (Å²) in [6.45, 7) is 2.08. The van der Waals surface area contributed by atoms with E-state index in [-0.39, 0.29) is 36.6 Å². The molecule has 3 amide bonds. The van der Waals surface area contributed by atoms with E-state index in [4.69, 9.17) is 9.15 Å². The Morgan fingerprint density at radius 2 is 2.12 bits per heavy atom. The van der Waals surface area contributed by atoms with Crippen molar-refractivity contribution in [3.63, 3.8) is 0 Å². The zero-order chi connectivity index (χ0) is 22.5. The minimum absolute atomic E-state index is 0.0764. The molecular formula is C22H21N5O5. The maximum Gasteiger partial charge on any atom is 0.254 e. The minimum Gasteiger partial charge on any atom is -0.497 e. The van der Waals surface area contributed by atoms with E-state index in [0.717, 1.165) is 5.56 Å². The van der Waals surface area contributed by atoms with Gasteiger partial charge in [-0.1, -0.05) is 6.07 Å². The van der Waals surface area contributed by atoms with Gasteiger partial charge in [-0.15, -0.1) is 0 Å². The molecular weight excluding hydrogens is 414 g/mol. The van der Waals surface area contributed by atoms with E-state index in [9.17, 15) is 14.4 Å². The number of carbonyl (C=O) groups is 3. The van der Waals surface area contributed by atoms with Gasteiger partial charge in [0.2, 0.25) is 11.6 Å². The Morgan fingerprint density at radius 1 is 1.28 bits per heavy atom. The van der Waals surface area contributed by atoms with Crippen molar-refractivity contribution in [2.45, 2.75) is 19.0 Å². The SMILES string of the molecule is COc1ccc2c(c1)C(=O)N(CC1(c3cc4ccc(NC(C)=O)nc4o3)NCNC1=O)C2. The van der Waals surface area contributed by atoms with Crippen molar-refractivity contribution in [2.75, 3.05) is 25.6 Å². The average molecular weight is 435 g/mol. The van der Waals surface area contributed by atoms with Crippen LogP contribution in [-0.4, -0.2) is 47.9 Å². The maximum atomic E-state index is 13.1. The number of ether oxygens (including phenoxy) is 1. The van der Waals surface area contributed by atoms with Crippen LogP contribution in [0.1, 0.15) is 28.6 Å². The van der Waals surface area contributed by atoms with Crippen LogP contribution >= 0.6 is 0 Å². The zero-order valence-corrected chi connectivity index (χ0v) is 17.5. The van der Waals surface area contributed by atoms with Gasteiger partial charge in [0.15, 0.2) is 5.54 Å². The summed E-state index contributed by atoms with van der Waals surface area (Å²) in [5.41, 5.74) is 0.448. The van der Waals surface area contributed by atoms with Gasteiger partial charge in [0.05, 0.1) is 20.3 Å². The molecule has 1 saturated heterocycles. The third kappa shape index (κ3) is 3.16. The summed E-state index contributed by atoms with van der Waals surface area (Å²) < 4.78 is 11.2. The highest BCUT2D eigenvalue weighted by atomic mass is 16.5. The number of carbonyl (C=O) groups excluding carboxylic acids is 3. The third-order valence-electron chi connectivity index (χ3n) is 5.76. The molecule has 3 N–H and O–H groups in total. The fraction of sp³-hybridized carbons (Fsp3) is 0.273. The molecule has 0 bridgehead atoms. The molecule has 2 aromatic heterocycles. The van der Waals surface area contributed by atoms with Crippen molar-refractivity contribution in [1.29, 1.82) is 0 Å². The lowest BCUT2D eigenvalue weighted by atomic mass is 9.95. The van der Waals surface area contributed by atoms with Gasteiger partial charge in [-0.05, 0) is 35.9 Å². The Bertz CT molecular complexity index is 1270. The first-order valence-electron chi connectivity index (χ1n) is 10.1. The lowest BCUT2D eigenvalue weighted by Gasteiger charge is -2.29. The van der Waals surface area contributed by atoms with Crippen LogP contribution in [-0.2, 0) is 21.7 Å². The predicted octanol–water partition coefficient (Wildman–Crippen LogP) is 1.32. The summed E-state index contributed by atoms with van der Waals surface area (Å²) in [6, 6.07) is 10.5. The molecule has 2 aliphatic rings. The van der Waals surface area contributed by atoms with Gasteiger partial charge in [-0.3, -0.25) is 19.7 Å². The van der Waals surface area contributed by atoms with Crippen LogP contribution in [0.4, 0.5) is 5.82 Å². The second-order valence-corrected chi connectivity index (χ2v) is 7.83. The fourth-order valence-electron chi connectivity index (χ4n) is 4.17. The number of pyridine rings is 1. The van der Waals surface area contributed by atoms with Crippen molar-refractivity contribution >= 4 is 34.6 Å². The van der Waals surface area contributed by atoms with Crippen LogP contribution in [0.5, 0.6) is 5.75 Å². The van der Waals surface area contributed by atoms with Gasteiger partial charge in [0.1, 0.15) is 17.3 Å². The monoisotopic (exact) mass is 435 g/mol. The van der Waals surface area contributed by atoms with Crippen LogP contribution in [0.3, 0.4) is 0 Å². The number of nitrogens with zero attached hydrogens (tertiary/aromatic N) is 2. The maximum absolute atomic E-state index is 13.1. The van der Waals surface area contributed by atoms with Crippen LogP contribution in [0, 0.1) is 0 Å². The first-order valence-corrected chi connectivity index (χ1v) is 10.1. The lowest BCUT2D eigenvalue weighted by Crippen LogP contribution is -2.52. The number of hydrogen-bond donors (Lipinski definition) is 3. The summed E-state index contributed by atoms with van der Waals surface area (Å²) in [5, 5.41) is 9.23. The average Bonchev–Trinajstić information content (AvgIpc) is 3.44. The Balaban J connectivity index is 1.49. The Kier molecular flexibility index (Phi) is 4.59. The van der Waals surface area contributed by atoms with Crippen molar-refractivity contribution in [3.05, 3.63) is 53.3 Å². The van der Waals surface area contributed by atoms with Crippen molar-refractivity contribution in [3.8, 4) is 5.75 Å². The zero-order valence-electron chi connectivity index (χ0n) is 17.5. The van der Waals surface area contributed by atoms with Crippen LogP contribution in [0.2, 0.25) is 0 Å². The molecule has 10 heteroatoms. The molecule has 2 aliphatic heterocycles. The minimum atomic E-state index is -1.27. The van der Waals surface area contributed by atoms with Gasteiger partial charge in [0.25, 0.3) is 11.8 Å². The molecule has 3 aromatic rings. The van der Waals surface area contributed by atoms with Gasteiger partial charge in [-0.2, -0.15) is 4.98 Å². The number of amides is 3. The van der Waals surface area contributed by atoms with Gasteiger partial charge < -0.3 is 24.7 Å². The molecule has 32 heavy (non-hydrogen) atoms. The molecule has 0 aliphatic carbocycles. The standard InChI is InChI=1S/C22H21N5O5/c1-12(28)25-18-6-4-13-7-17(32-19(13)26-18)22(21(30)23-11-24-22)10-27-9-14-3-5-15(31-2)8-16(14)20(27)29/h3-8,24H,9-11H2,1-2H3,(H,23,30)(H,25,26,28). The quantitative estimate of drug-likeness (QED) is 0.552. The Morgan fingerprint density at radius 3 is 2.84 bits per heavy atom. The number of anilines is 1. The number of nitrogens with one attached hydrogen (secondary N) is 3. The first-order chi connectivity index (χ1) is 15.4. The number of furan rings is 1. The van der Waals surface area contributed by atoms with Gasteiger partial charge in [0, 0.05) is 24.4 Å². The first kappa shape index (κ1) is 20.0. The molecule has 1 aromatic carbocycles. The van der Waals surface area contributed by atoms with E-state index in [2.05, 4.69) is 20.9 Å². The smallest absolute Gasteiger partial charge is 0.254 e. The summed E-state index contributed by atoms with van der Waals surface area (Å²) in [5.74, 6) is 0.575. The number of hydrogen-bond acceptors (Lipinski definition) is 7. The second kappa shape index (κ2) is 7.34. The molecule has 0 radical (unpaired) electrons. The van der Waals surface area contributed by atoms with Crippen molar-refractivity contribution in [1.82, 2.24) is 20.5 Å². The van der Waals surface area contributed by atoms with Crippen molar-refractivity contribution in [2.24, 2.45) is 0 Å². The highest BCUT2D eigenvalue weighted by Crippen LogP contribution is 2.34.